The van der Waals surface area contributed by atoms with Gasteiger partial charge in [-0.3, -0.25) is 4.79 Å². The second kappa shape index (κ2) is 6.86. The van der Waals surface area contributed by atoms with Crippen molar-refractivity contribution >= 4 is 11.6 Å². The topological polar surface area (TPSA) is 50.4 Å². The van der Waals surface area contributed by atoms with E-state index in [0.29, 0.717) is 12.1 Å². The van der Waals surface area contributed by atoms with E-state index in [1.54, 1.807) is 7.11 Å². The Morgan fingerprint density at radius 1 is 1.30 bits per heavy atom. The molecule has 4 heteroatoms. The molecule has 1 fully saturated rings. The zero-order chi connectivity index (χ0) is 14.5. The van der Waals surface area contributed by atoms with Gasteiger partial charge in [-0.1, -0.05) is 17.7 Å². The lowest BCUT2D eigenvalue weighted by molar-refractivity contribution is -0.118. The molecule has 0 aromatic heterocycles. The van der Waals surface area contributed by atoms with Crippen LogP contribution in [-0.2, 0) is 9.53 Å². The summed E-state index contributed by atoms with van der Waals surface area (Å²) in [6.45, 7) is 3.94. The highest BCUT2D eigenvalue weighted by atomic mass is 16.5. The van der Waals surface area contributed by atoms with E-state index in [0.717, 1.165) is 24.9 Å². The van der Waals surface area contributed by atoms with Crippen LogP contribution in [0.5, 0.6) is 0 Å². The molecule has 2 rings (SSSR count). The van der Waals surface area contributed by atoms with Crippen molar-refractivity contribution in [1.82, 2.24) is 5.32 Å². The number of amides is 1. The van der Waals surface area contributed by atoms with Crippen molar-refractivity contribution in [3.8, 4) is 0 Å². The molecule has 3 unspecified atom stereocenters. The van der Waals surface area contributed by atoms with E-state index in [4.69, 9.17) is 4.74 Å². The van der Waals surface area contributed by atoms with E-state index in [1.807, 2.05) is 38.1 Å². The Labute approximate surface area is 120 Å². The van der Waals surface area contributed by atoms with Crippen LogP contribution in [0.15, 0.2) is 24.3 Å². The van der Waals surface area contributed by atoms with Crippen molar-refractivity contribution in [2.24, 2.45) is 0 Å². The highest BCUT2D eigenvalue weighted by molar-refractivity contribution is 5.94. The number of hydrogen-bond donors (Lipinski definition) is 2. The summed E-state index contributed by atoms with van der Waals surface area (Å²) in [4.78, 5) is 12.1. The lowest BCUT2D eigenvalue weighted by Crippen LogP contribution is -2.43. The number of carbonyl (C=O) groups excluding carboxylic acids is 1. The van der Waals surface area contributed by atoms with E-state index < -0.39 is 0 Å². The molecule has 0 aliphatic heterocycles. The Kier molecular flexibility index (Phi) is 5.15. The molecule has 0 heterocycles. The van der Waals surface area contributed by atoms with Crippen LogP contribution in [0.4, 0.5) is 5.69 Å². The molecule has 1 amide bonds. The zero-order valence-electron chi connectivity index (χ0n) is 12.5. The zero-order valence-corrected chi connectivity index (χ0v) is 12.5. The highest BCUT2D eigenvalue weighted by Gasteiger charge is 2.26. The van der Waals surface area contributed by atoms with Crippen molar-refractivity contribution in [3.63, 3.8) is 0 Å². The van der Waals surface area contributed by atoms with Gasteiger partial charge >= 0.3 is 0 Å². The van der Waals surface area contributed by atoms with Crippen LogP contribution in [-0.4, -0.2) is 31.2 Å². The monoisotopic (exact) mass is 276 g/mol. The maximum Gasteiger partial charge on any atom is 0.241 e. The SMILES string of the molecule is COC1CCC(NC(C)C(=O)Nc2ccc(C)cc2)C1. The Morgan fingerprint density at radius 3 is 2.60 bits per heavy atom. The van der Waals surface area contributed by atoms with Crippen LogP contribution in [0, 0.1) is 6.92 Å². The van der Waals surface area contributed by atoms with Crippen molar-refractivity contribution in [1.29, 1.82) is 0 Å². The summed E-state index contributed by atoms with van der Waals surface area (Å²) >= 11 is 0. The summed E-state index contributed by atoms with van der Waals surface area (Å²) in [5.41, 5.74) is 2.03. The summed E-state index contributed by atoms with van der Waals surface area (Å²) in [7, 11) is 1.75. The standard InChI is InChI=1S/C16H24N2O2/c1-11-4-6-13(7-5-11)18-16(19)12(2)17-14-8-9-15(10-14)20-3/h4-7,12,14-15,17H,8-10H2,1-3H3,(H,18,19). The maximum atomic E-state index is 12.1. The smallest absolute Gasteiger partial charge is 0.241 e. The van der Waals surface area contributed by atoms with Crippen molar-refractivity contribution in [2.45, 2.75) is 51.3 Å². The first-order valence-electron chi connectivity index (χ1n) is 7.25. The minimum absolute atomic E-state index is 0.00900. The molecule has 2 N–H and O–H groups in total. The third kappa shape index (κ3) is 4.05. The van der Waals surface area contributed by atoms with Gasteiger partial charge in [0, 0.05) is 18.8 Å². The number of anilines is 1. The minimum Gasteiger partial charge on any atom is -0.381 e. The first kappa shape index (κ1) is 15.0. The summed E-state index contributed by atoms with van der Waals surface area (Å²) in [5.74, 6) is 0.00900. The third-order valence-corrected chi connectivity index (χ3v) is 3.92. The van der Waals surface area contributed by atoms with E-state index in [9.17, 15) is 4.79 Å². The molecule has 1 aromatic rings. The number of rotatable bonds is 5. The Morgan fingerprint density at radius 2 is 2.00 bits per heavy atom. The van der Waals surface area contributed by atoms with Gasteiger partial charge in [0.2, 0.25) is 5.91 Å². The van der Waals surface area contributed by atoms with E-state index >= 15 is 0 Å². The molecule has 1 aliphatic carbocycles. The van der Waals surface area contributed by atoms with Crippen LogP contribution >= 0.6 is 0 Å². The summed E-state index contributed by atoms with van der Waals surface area (Å²) in [6, 6.07) is 8.02. The predicted octanol–water partition coefficient (Wildman–Crippen LogP) is 2.48. The largest absolute Gasteiger partial charge is 0.381 e. The summed E-state index contributed by atoms with van der Waals surface area (Å²) in [5, 5.41) is 6.32. The molecule has 110 valence electrons. The molecule has 4 nitrogen and oxygen atoms in total. The van der Waals surface area contributed by atoms with Gasteiger partial charge in [-0.15, -0.1) is 0 Å². The predicted molar refractivity (Wildman–Crippen MR) is 80.8 cm³/mol. The molecule has 0 spiro atoms. The fourth-order valence-corrected chi connectivity index (χ4v) is 2.62. The lowest BCUT2D eigenvalue weighted by atomic mass is 10.2. The van der Waals surface area contributed by atoms with Gasteiger partial charge < -0.3 is 15.4 Å². The van der Waals surface area contributed by atoms with Gasteiger partial charge in [0.15, 0.2) is 0 Å². The average molecular weight is 276 g/mol. The third-order valence-electron chi connectivity index (χ3n) is 3.92. The fourth-order valence-electron chi connectivity index (χ4n) is 2.62. The van der Waals surface area contributed by atoms with Gasteiger partial charge in [0.1, 0.15) is 0 Å². The average Bonchev–Trinajstić information content (AvgIpc) is 2.89. The van der Waals surface area contributed by atoms with Gasteiger partial charge in [-0.25, -0.2) is 0 Å². The van der Waals surface area contributed by atoms with Crippen LogP contribution in [0.25, 0.3) is 0 Å². The molecular formula is C16H24N2O2. The van der Waals surface area contributed by atoms with E-state index in [1.165, 1.54) is 5.56 Å². The number of aryl methyl sites for hydroxylation is 1. The Hall–Kier alpha value is -1.39. The molecule has 0 bridgehead atoms. The lowest BCUT2D eigenvalue weighted by Gasteiger charge is -2.19. The van der Waals surface area contributed by atoms with Crippen molar-refractivity contribution in [2.75, 3.05) is 12.4 Å². The number of nitrogens with one attached hydrogen (secondary N) is 2. The van der Waals surface area contributed by atoms with Gasteiger partial charge in [0.25, 0.3) is 0 Å². The first-order valence-corrected chi connectivity index (χ1v) is 7.25. The molecule has 1 aliphatic rings. The van der Waals surface area contributed by atoms with Crippen LogP contribution in [0.1, 0.15) is 31.7 Å². The van der Waals surface area contributed by atoms with Gasteiger partial charge in [-0.05, 0) is 45.2 Å². The van der Waals surface area contributed by atoms with Crippen LogP contribution in [0.3, 0.4) is 0 Å². The summed E-state index contributed by atoms with van der Waals surface area (Å²) in [6.07, 6.45) is 3.46. The van der Waals surface area contributed by atoms with E-state index in [-0.39, 0.29) is 11.9 Å². The second-order valence-electron chi connectivity index (χ2n) is 5.61. The molecule has 1 aromatic carbocycles. The molecule has 20 heavy (non-hydrogen) atoms. The Bertz CT molecular complexity index is 444. The second-order valence-corrected chi connectivity index (χ2v) is 5.61. The maximum absolute atomic E-state index is 12.1. The van der Waals surface area contributed by atoms with E-state index in [2.05, 4.69) is 10.6 Å². The normalized spacial score (nSPS) is 23.6. The Balaban J connectivity index is 1.81. The molecule has 0 radical (unpaired) electrons. The minimum atomic E-state index is -0.197. The van der Waals surface area contributed by atoms with Crippen LogP contribution < -0.4 is 10.6 Å². The number of benzene rings is 1. The first-order chi connectivity index (χ1) is 9.58. The quantitative estimate of drug-likeness (QED) is 0.868. The van der Waals surface area contributed by atoms with Crippen molar-refractivity contribution in [3.05, 3.63) is 29.8 Å². The van der Waals surface area contributed by atoms with Crippen LogP contribution in [0.2, 0.25) is 0 Å². The highest BCUT2D eigenvalue weighted by Crippen LogP contribution is 2.21. The van der Waals surface area contributed by atoms with Gasteiger partial charge in [0.05, 0.1) is 12.1 Å². The molecular weight excluding hydrogens is 252 g/mol. The fraction of sp³-hybridized carbons (Fsp3) is 0.562. The molecule has 0 saturated heterocycles. The number of carbonyl (C=O) groups is 1. The number of hydrogen-bond acceptors (Lipinski definition) is 3. The van der Waals surface area contributed by atoms with Crippen molar-refractivity contribution < 1.29 is 9.53 Å². The number of methoxy groups -OCH3 is 1. The van der Waals surface area contributed by atoms with Gasteiger partial charge in [-0.2, -0.15) is 0 Å². The number of ether oxygens (including phenoxy) is 1. The summed E-state index contributed by atoms with van der Waals surface area (Å²) < 4.78 is 5.35. The molecule has 3 atom stereocenters. The molecule has 1 saturated carbocycles.